The van der Waals surface area contributed by atoms with Crippen molar-refractivity contribution < 1.29 is 22.4 Å². The summed E-state index contributed by atoms with van der Waals surface area (Å²) in [6.07, 6.45) is 3.37. The number of carbonyl (C=O) groups is 1. The van der Waals surface area contributed by atoms with Gasteiger partial charge in [0, 0.05) is 42.1 Å². The number of amides is 2. The van der Waals surface area contributed by atoms with Crippen LogP contribution in [0, 0.1) is 11.6 Å². The molecule has 1 aliphatic rings. The van der Waals surface area contributed by atoms with Crippen LogP contribution in [-0.4, -0.2) is 21.9 Å². The molecule has 152 valence electrons. The molecule has 1 aromatic carbocycles. The van der Waals surface area contributed by atoms with Crippen LogP contribution in [0.5, 0.6) is 0 Å². The number of nitrogens with one attached hydrogen (secondary N) is 3. The van der Waals surface area contributed by atoms with Crippen molar-refractivity contribution in [2.24, 2.45) is 0 Å². The number of pyridine rings is 1. The Bertz CT molecular complexity index is 1040. The number of rotatable bonds is 3. The van der Waals surface area contributed by atoms with Gasteiger partial charge in [-0.15, -0.1) is 0 Å². The largest absolute Gasteiger partial charge is 0.359 e. The number of carbonyl (C=O) groups excluding carboxylic acids is 1. The van der Waals surface area contributed by atoms with Crippen LogP contribution in [-0.2, 0) is 0 Å². The van der Waals surface area contributed by atoms with Crippen molar-refractivity contribution in [3.8, 4) is 0 Å². The number of aromatic amines is 1. The van der Waals surface area contributed by atoms with Crippen molar-refractivity contribution >= 4 is 28.3 Å². The Kier molecular flexibility index (Phi) is 4.89. The second-order valence-electron chi connectivity index (χ2n) is 7.20. The number of hydrogen-bond donors (Lipinski definition) is 3. The van der Waals surface area contributed by atoms with E-state index in [-0.39, 0.29) is 18.8 Å². The molecular formula is C20H18F4N4O. The fraction of sp³-hybridized carbons (Fsp3) is 0.300. The summed E-state index contributed by atoms with van der Waals surface area (Å²) in [6.45, 7) is 0. The van der Waals surface area contributed by atoms with Gasteiger partial charge in [-0.25, -0.2) is 22.4 Å². The van der Waals surface area contributed by atoms with Gasteiger partial charge in [0.2, 0.25) is 5.92 Å². The molecule has 0 unspecified atom stereocenters. The molecule has 0 bridgehead atoms. The minimum atomic E-state index is -2.59. The van der Waals surface area contributed by atoms with Gasteiger partial charge in [0.05, 0.1) is 23.1 Å². The van der Waals surface area contributed by atoms with Crippen molar-refractivity contribution in [3.05, 3.63) is 54.0 Å². The van der Waals surface area contributed by atoms with E-state index in [2.05, 4.69) is 20.6 Å². The Morgan fingerprint density at radius 1 is 1.10 bits per heavy atom. The predicted molar refractivity (Wildman–Crippen MR) is 101 cm³/mol. The van der Waals surface area contributed by atoms with Gasteiger partial charge in [0.1, 0.15) is 0 Å². The van der Waals surface area contributed by atoms with Gasteiger partial charge in [-0.3, -0.25) is 4.98 Å². The van der Waals surface area contributed by atoms with E-state index in [1.165, 1.54) is 12.4 Å². The van der Waals surface area contributed by atoms with Crippen LogP contribution in [0.25, 0.3) is 10.9 Å². The molecule has 1 fully saturated rings. The minimum absolute atomic E-state index is 0.0148. The Morgan fingerprint density at radius 3 is 2.52 bits per heavy atom. The number of fused-ring (bicyclic) bond motifs is 1. The lowest BCUT2D eigenvalue weighted by Crippen LogP contribution is -2.24. The predicted octanol–water partition coefficient (Wildman–Crippen LogP) is 5.78. The zero-order chi connectivity index (χ0) is 20.6. The van der Waals surface area contributed by atoms with E-state index in [1.54, 1.807) is 12.1 Å². The molecule has 9 heteroatoms. The van der Waals surface area contributed by atoms with Gasteiger partial charge < -0.3 is 15.6 Å². The first kappa shape index (κ1) is 19.2. The van der Waals surface area contributed by atoms with Crippen LogP contribution in [0.15, 0.2) is 36.7 Å². The van der Waals surface area contributed by atoms with Crippen LogP contribution in [0.2, 0.25) is 0 Å². The Balaban J connectivity index is 1.40. The summed E-state index contributed by atoms with van der Waals surface area (Å²) in [5.41, 5.74) is 1.79. The first-order chi connectivity index (χ1) is 13.8. The second-order valence-corrected chi connectivity index (χ2v) is 7.20. The Morgan fingerprint density at radius 2 is 1.83 bits per heavy atom. The van der Waals surface area contributed by atoms with Crippen LogP contribution < -0.4 is 10.6 Å². The van der Waals surface area contributed by atoms with Gasteiger partial charge in [-0.1, -0.05) is 0 Å². The molecule has 2 amide bonds. The summed E-state index contributed by atoms with van der Waals surface area (Å²) in [6, 6.07) is 4.80. The van der Waals surface area contributed by atoms with Crippen molar-refractivity contribution in [2.45, 2.75) is 37.5 Å². The van der Waals surface area contributed by atoms with E-state index in [0.717, 1.165) is 17.8 Å². The van der Waals surface area contributed by atoms with E-state index in [4.69, 9.17) is 0 Å². The molecule has 0 aliphatic heterocycles. The molecule has 5 nitrogen and oxygen atoms in total. The average Bonchev–Trinajstić information content (AvgIpc) is 3.04. The number of urea groups is 1. The molecule has 4 rings (SSSR count). The second kappa shape index (κ2) is 7.38. The lowest BCUT2D eigenvalue weighted by molar-refractivity contribution is -0.0384. The first-order valence-corrected chi connectivity index (χ1v) is 9.19. The summed E-state index contributed by atoms with van der Waals surface area (Å²) >= 11 is 0. The highest BCUT2D eigenvalue weighted by Gasteiger charge is 2.35. The number of halogens is 4. The van der Waals surface area contributed by atoms with Crippen LogP contribution >= 0.6 is 0 Å². The van der Waals surface area contributed by atoms with E-state index in [9.17, 15) is 22.4 Å². The number of H-pyrrole nitrogens is 1. The molecule has 3 aromatic rings. The molecule has 2 heterocycles. The highest BCUT2D eigenvalue weighted by molar-refractivity contribution is 6.05. The highest BCUT2D eigenvalue weighted by Crippen LogP contribution is 2.40. The smallest absolute Gasteiger partial charge is 0.323 e. The number of hydrogen-bond acceptors (Lipinski definition) is 2. The van der Waals surface area contributed by atoms with Gasteiger partial charge in [0.25, 0.3) is 0 Å². The van der Waals surface area contributed by atoms with E-state index < -0.39 is 23.6 Å². The lowest BCUT2D eigenvalue weighted by Gasteiger charge is -2.27. The molecule has 0 spiro atoms. The SMILES string of the molecule is O=C(Nc1ccc(C2CCC(F)(F)CC2)nc1)Nc1c[nH]c2cc(F)c(F)cc12. The molecule has 0 atom stereocenters. The van der Waals surface area contributed by atoms with Crippen molar-refractivity contribution in [3.63, 3.8) is 0 Å². The topological polar surface area (TPSA) is 69.8 Å². The molecule has 2 aromatic heterocycles. The van der Waals surface area contributed by atoms with Gasteiger partial charge >= 0.3 is 6.03 Å². The number of anilines is 2. The summed E-state index contributed by atoms with van der Waals surface area (Å²) in [7, 11) is 0. The maximum atomic E-state index is 13.5. The number of alkyl halides is 2. The monoisotopic (exact) mass is 406 g/mol. The summed E-state index contributed by atoms with van der Waals surface area (Å²) in [5.74, 6) is -4.60. The quantitative estimate of drug-likeness (QED) is 0.483. The molecule has 1 aliphatic carbocycles. The van der Waals surface area contributed by atoms with E-state index >= 15 is 0 Å². The van der Waals surface area contributed by atoms with E-state index in [1.807, 2.05) is 0 Å². The van der Waals surface area contributed by atoms with Crippen molar-refractivity contribution in [1.29, 1.82) is 0 Å². The number of nitrogens with zero attached hydrogens (tertiary/aromatic N) is 1. The van der Waals surface area contributed by atoms with Gasteiger partial charge in [-0.2, -0.15) is 0 Å². The normalized spacial score (nSPS) is 16.7. The molecule has 1 saturated carbocycles. The third-order valence-corrected chi connectivity index (χ3v) is 5.15. The molecule has 0 radical (unpaired) electrons. The standard InChI is InChI=1S/C20H18F4N4O/c21-14-7-13-17(8-15(14)22)26-10-18(13)28-19(29)27-12-1-2-16(25-9-12)11-3-5-20(23,24)6-4-11/h1-2,7-11,26H,3-6H2,(H2,27,28,29). The molecule has 3 N–H and O–H groups in total. The fourth-order valence-electron chi connectivity index (χ4n) is 3.56. The molecule has 0 saturated heterocycles. The van der Waals surface area contributed by atoms with Crippen molar-refractivity contribution in [2.75, 3.05) is 10.6 Å². The van der Waals surface area contributed by atoms with Crippen molar-refractivity contribution in [1.82, 2.24) is 9.97 Å². The zero-order valence-electron chi connectivity index (χ0n) is 15.2. The maximum Gasteiger partial charge on any atom is 0.323 e. The lowest BCUT2D eigenvalue weighted by atomic mass is 9.84. The number of aromatic nitrogens is 2. The fourth-order valence-corrected chi connectivity index (χ4v) is 3.56. The van der Waals surface area contributed by atoms with Crippen LogP contribution in [0.4, 0.5) is 33.7 Å². The Labute approximate surface area is 163 Å². The average molecular weight is 406 g/mol. The third kappa shape index (κ3) is 4.18. The zero-order valence-corrected chi connectivity index (χ0v) is 15.2. The number of benzene rings is 1. The van der Waals surface area contributed by atoms with E-state index in [0.29, 0.717) is 35.1 Å². The molecule has 29 heavy (non-hydrogen) atoms. The summed E-state index contributed by atoms with van der Waals surface area (Å²) in [5, 5.41) is 5.50. The maximum absolute atomic E-state index is 13.5. The van der Waals surface area contributed by atoms with Gasteiger partial charge in [0.15, 0.2) is 11.6 Å². The van der Waals surface area contributed by atoms with Gasteiger partial charge in [-0.05, 0) is 31.0 Å². The highest BCUT2D eigenvalue weighted by atomic mass is 19.3. The third-order valence-electron chi connectivity index (χ3n) is 5.15. The Hall–Kier alpha value is -3.10. The summed E-state index contributed by atoms with van der Waals surface area (Å²) < 4.78 is 53.3. The molecular weight excluding hydrogens is 388 g/mol. The first-order valence-electron chi connectivity index (χ1n) is 9.19. The summed E-state index contributed by atoms with van der Waals surface area (Å²) in [4.78, 5) is 19.3. The minimum Gasteiger partial charge on any atom is -0.359 e. The van der Waals surface area contributed by atoms with Crippen LogP contribution in [0.3, 0.4) is 0 Å². The van der Waals surface area contributed by atoms with Crippen LogP contribution in [0.1, 0.15) is 37.3 Å².